The third-order valence-corrected chi connectivity index (χ3v) is 7.33. The van der Waals surface area contributed by atoms with Gasteiger partial charge in [-0.3, -0.25) is 4.79 Å². The molecule has 5 rings (SSSR count). The fraction of sp³-hybridized carbons (Fsp3) is 0.276. The van der Waals surface area contributed by atoms with Crippen molar-refractivity contribution in [3.63, 3.8) is 0 Å². The summed E-state index contributed by atoms with van der Waals surface area (Å²) in [6.45, 7) is 1.36. The first kappa shape index (κ1) is 23.4. The largest absolute Gasteiger partial charge is 0.355 e. The van der Waals surface area contributed by atoms with Crippen molar-refractivity contribution < 1.29 is 4.79 Å². The Morgan fingerprint density at radius 2 is 1.49 bits per heavy atom. The molecule has 1 saturated carbocycles. The monoisotopic (exact) mass is 482 g/mol. The molecule has 1 aliphatic carbocycles. The van der Waals surface area contributed by atoms with Gasteiger partial charge in [-0.05, 0) is 36.0 Å². The lowest BCUT2D eigenvalue weighted by Gasteiger charge is -2.18. The van der Waals surface area contributed by atoms with E-state index in [4.69, 9.17) is 0 Å². The summed E-state index contributed by atoms with van der Waals surface area (Å²) in [7, 11) is 0. The van der Waals surface area contributed by atoms with E-state index in [1.165, 1.54) is 41.3 Å². The van der Waals surface area contributed by atoms with Gasteiger partial charge in [-0.25, -0.2) is 0 Å². The minimum Gasteiger partial charge on any atom is -0.355 e. The minimum absolute atomic E-state index is 0.0251. The zero-order chi connectivity index (χ0) is 23.9. The van der Waals surface area contributed by atoms with Crippen LogP contribution in [0.4, 0.5) is 0 Å². The van der Waals surface area contributed by atoms with E-state index in [1.807, 2.05) is 18.2 Å². The maximum atomic E-state index is 12.7. The van der Waals surface area contributed by atoms with Crippen molar-refractivity contribution in [1.82, 2.24) is 20.1 Å². The van der Waals surface area contributed by atoms with Crippen LogP contribution in [0.15, 0.2) is 96.2 Å². The van der Waals surface area contributed by atoms with Crippen LogP contribution < -0.4 is 5.32 Å². The van der Waals surface area contributed by atoms with Crippen LogP contribution in [0.1, 0.15) is 53.6 Å². The molecule has 3 aromatic carbocycles. The highest BCUT2D eigenvalue weighted by molar-refractivity contribution is 7.99. The molecule has 1 fully saturated rings. The topological polar surface area (TPSA) is 59.8 Å². The van der Waals surface area contributed by atoms with Crippen molar-refractivity contribution >= 4 is 17.7 Å². The molecule has 35 heavy (non-hydrogen) atoms. The minimum atomic E-state index is 0.0251. The molecule has 0 spiro atoms. The van der Waals surface area contributed by atoms with Crippen LogP contribution in [0.5, 0.6) is 0 Å². The zero-order valence-corrected chi connectivity index (χ0v) is 20.5. The van der Waals surface area contributed by atoms with Gasteiger partial charge in [0.1, 0.15) is 5.82 Å². The number of amides is 1. The second-order valence-electron chi connectivity index (χ2n) is 8.99. The number of hydrogen-bond donors (Lipinski definition) is 1. The van der Waals surface area contributed by atoms with Crippen LogP contribution >= 0.6 is 11.8 Å². The highest BCUT2D eigenvalue weighted by atomic mass is 32.2. The maximum Gasteiger partial charge on any atom is 0.230 e. The van der Waals surface area contributed by atoms with Crippen molar-refractivity contribution in [2.24, 2.45) is 0 Å². The van der Waals surface area contributed by atoms with Gasteiger partial charge in [0.25, 0.3) is 0 Å². The predicted molar refractivity (Wildman–Crippen MR) is 141 cm³/mol. The van der Waals surface area contributed by atoms with E-state index in [1.54, 1.807) is 0 Å². The average Bonchev–Trinajstić information content (AvgIpc) is 3.68. The molecule has 0 atom stereocenters. The fourth-order valence-electron chi connectivity index (χ4n) is 4.40. The van der Waals surface area contributed by atoms with Crippen LogP contribution in [-0.4, -0.2) is 33.0 Å². The molecule has 1 heterocycles. The van der Waals surface area contributed by atoms with Crippen LogP contribution in [0.25, 0.3) is 0 Å². The third kappa shape index (κ3) is 6.20. The number of carbonyl (C=O) groups excluding carboxylic acids is 1. The second-order valence-corrected chi connectivity index (χ2v) is 9.93. The van der Waals surface area contributed by atoms with Gasteiger partial charge in [0, 0.05) is 18.4 Å². The summed E-state index contributed by atoms with van der Waals surface area (Å²) in [5, 5.41) is 12.8. The summed E-state index contributed by atoms with van der Waals surface area (Å²) in [5.41, 5.74) is 3.75. The van der Waals surface area contributed by atoms with Crippen molar-refractivity contribution in [2.45, 2.75) is 42.8 Å². The molecule has 0 radical (unpaired) electrons. The predicted octanol–water partition coefficient (Wildman–Crippen LogP) is 5.63. The molecule has 5 nitrogen and oxygen atoms in total. The van der Waals surface area contributed by atoms with Gasteiger partial charge in [0.2, 0.25) is 5.91 Å². The number of carbonyl (C=O) groups is 1. The van der Waals surface area contributed by atoms with Gasteiger partial charge < -0.3 is 9.88 Å². The van der Waals surface area contributed by atoms with Gasteiger partial charge in [-0.1, -0.05) is 103 Å². The van der Waals surface area contributed by atoms with E-state index in [9.17, 15) is 4.79 Å². The molecule has 1 aliphatic rings. The van der Waals surface area contributed by atoms with Gasteiger partial charge >= 0.3 is 0 Å². The molecule has 1 N–H and O–H groups in total. The maximum absolute atomic E-state index is 12.7. The second kappa shape index (κ2) is 11.4. The Balaban J connectivity index is 1.18. The normalized spacial score (nSPS) is 13.2. The molecular weight excluding hydrogens is 452 g/mol. The SMILES string of the molecule is O=C(CSc1nnc(C2CC2)n1Cc1ccccc1)NCCC(c1ccccc1)c1ccccc1. The number of benzene rings is 3. The summed E-state index contributed by atoms with van der Waals surface area (Å²) in [6, 6.07) is 31.4. The van der Waals surface area contributed by atoms with Gasteiger partial charge in [0.15, 0.2) is 5.16 Å². The molecule has 1 aromatic heterocycles. The Morgan fingerprint density at radius 3 is 2.09 bits per heavy atom. The lowest BCUT2D eigenvalue weighted by Crippen LogP contribution is -2.27. The highest BCUT2D eigenvalue weighted by Crippen LogP contribution is 2.40. The average molecular weight is 483 g/mol. The van der Waals surface area contributed by atoms with Crippen molar-refractivity contribution in [2.75, 3.05) is 12.3 Å². The van der Waals surface area contributed by atoms with Crippen LogP contribution in [0.3, 0.4) is 0 Å². The van der Waals surface area contributed by atoms with E-state index in [-0.39, 0.29) is 11.8 Å². The van der Waals surface area contributed by atoms with Crippen LogP contribution in [0.2, 0.25) is 0 Å². The van der Waals surface area contributed by atoms with E-state index < -0.39 is 0 Å². The molecule has 1 amide bonds. The number of nitrogens with zero attached hydrogens (tertiary/aromatic N) is 3. The van der Waals surface area contributed by atoms with Crippen molar-refractivity contribution in [3.05, 3.63) is 114 Å². The molecule has 0 aliphatic heterocycles. The first-order valence-electron chi connectivity index (χ1n) is 12.2. The van der Waals surface area contributed by atoms with Crippen molar-refractivity contribution in [3.8, 4) is 0 Å². The third-order valence-electron chi connectivity index (χ3n) is 6.36. The Hall–Kier alpha value is -3.38. The Labute approximate surface area is 211 Å². The Morgan fingerprint density at radius 1 is 0.886 bits per heavy atom. The summed E-state index contributed by atoms with van der Waals surface area (Å²) in [5.74, 6) is 2.16. The van der Waals surface area contributed by atoms with E-state index in [2.05, 4.69) is 92.9 Å². The molecule has 6 heteroatoms. The number of nitrogens with one attached hydrogen (secondary N) is 1. The van der Waals surface area contributed by atoms with E-state index in [0.717, 1.165) is 23.9 Å². The Kier molecular flexibility index (Phi) is 7.59. The smallest absolute Gasteiger partial charge is 0.230 e. The molecule has 178 valence electrons. The molecule has 0 unspecified atom stereocenters. The standard InChI is InChI=1S/C29H30N4OS/c34-27(30-19-18-26(23-12-6-2-7-13-23)24-14-8-3-9-15-24)21-35-29-32-31-28(25-16-17-25)33(29)20-22-10-4-1-5-11-22/h1-15,25-26H,16-21H2,(H,30,34). The van der Waals surface area contributed by atoms with Gasteiger partial charge in [-0.15, -0.1) is 10.2 Å². The molecular formula is C29H30N4OS. The number of thioether (sulfide) groups is 1. The van der Waals surface area contributed by atoms with E-state index >= 15 is 0 Å². The summed E-state index contributed by atoms with van der Waals surface area (Å²) < 4.78 is 2.19. The molecule has 0 saturated heterocycles. The molecule has 0 bridgehead atoms. The molecule has 4 aromatic rings. The summed E-state index contributed by atoms with van der Waals surface area (Å²) in [4.78, 5) is 12.7. The van der Waals surface area contributed by atoms with Gasteiger partial charge in [0.05, 0.1) is 12.3 Å². The van der Waals surface area contributed by atoms with Crippen LogP contribution in [-0.2, 0) is 11.3 Å². The number of rotatable bonds is 11. The zero-order valence-electron chi connectivity index (χ0n) is 19.7. The quantitative estimate of drug-likeness (QED) is 0.281. The Bertz CT molecular complexity index is 1180. The van der Waals surface area contributed by atoms with Gasteiger partial charge in [-0.2, -0.15) is 0 Å². The lowest BCUT2D eigenvalue weighted by atomic mass is 9.88. The summed E-state index contributed by atoms with van der Waals surface area (Å²) >= 11 is 1.47. The number of hydrogen-bond acceptors (Lipinski definition) is 4. The lowest BCUT2D eigenvalue weighted by molar-refractivity contribution is -0.118. The van der Waals surface area contributed by atoms with E-state index in [0.29, 0.717) is 18.2 Å². The first-order chi connectivity index (χ1) is 17.3. The number of aromatic nitrogens is 3. The van der Waals surface area contributed by atoms with Crippen LogP contribution in [0, 0.1) is 0 Å². The fourth-order valence-corrected chi connectivity index (χ4v) is 5.17. The van der Waals surface area contributed by atoms with Crippen molar-refractivity contribution in [1.29, 1.82) is 0 Å². The summed E-state index contributed by atoms with van der Waals surface area (Å²) in [6.07, 6.45) is 3.19. The highest BCUT2D eigenvalue weighted by Gasteiger charge is 2.30. The first-order valence-corrected chi connectivity index (χ1v) is 13.2.